The van der Waals surface area contributed by atoms with Gasteiger partial charge < -0.3 is 9.84 Å². The fraction of sp³-hybridized carbons (Fsp3) is 0.455. The maximum absolute atomic E-state index is 9.57. The Kier molecular flexibility index (Phi) is 3.67. The fourth-order valence-corrected chi connectivity index (χ4v) is 2.47. The van der Waals surface area contributed by atoms with Crippen LogP contribution in [0.3, 0.4) is 0 Å². The van der Waals surface area contributed by atoms with Crippen molar-refractivity contribution in [3.05, 3.63) is 33.3 Å². The predicted molar refractivity (Wildman–Crippen MR) is 63.1 cm³/mol. The molecule has 0 aliphatic carbocycles. The van der Waals surface area contributed by atoms with E-state index in [4.69, 9.17) is 16.3 Å². The molecule has 0 bridgehead atoms. The van der Waals surface area contributed by atoms with Crippen molar-refractivity contribution in [1.29, 1.82) is 0 Å². The summed E-state index contributed by atoms with van der Waals surface area (Å²) in [6, 6.07) is 5.69. The van der Waals surface area contributed by atoms with Gasteiger partial charge >= 0.3 is 0 Å². The molecule has 0 amide bonds. The first-order valence-corrected chi connectivity index (χ1v) is 6.09. The average molecular weight is 292 g/mol. The van der Waals surface area contributed by atoms with Crippen LogP contribution in [0.2, 0.25) is 5.02 Å². The zero-order valence-electron chi connectivity index (χ0n) is 8.12. The summed E-state index contributed by atoms with van der Waals surface area (Å²) in [4.78, 5) is 0. The molecular weight excluding hydrogens is 279 g/mol. The van der Waals surface area contributed by atoms with E-state index in [0.29, 0.717) is 24.5 Å². The zero-order chi connectivity index (χ0) is 10.8. The molecule has 2 atom stereocenters. The minimum Gasteiger partial charge on any atom is -0.393 e. The van der Waals surface area contributed by atoms with Crippen LogP contribution in [0.25, 0.3) is 0 Å². The zero-order valence-corrected chi connectivity index (χ0v) is 10.5. The van der Waals surface area contributed by atoms with Crippen molar-refractivity contribution in [2.24, 2.45) is 0 Å². The molecule has 0 saturated carbocycles. The van der Waals surface area contributed by atoms with Crippen molar-refractivity contribution < 1.29 is 9.84 Å². The second-order valence-electron chi connectivity index (χ2n) is 3.68. The monoisotopic (exact) mass is 290 g/mol. The van der Waals surface area contributed by atoms with Crippen molar-refractivity contribution >= 4 is 27.5 Å². The molecule has 2 nitrogen and oxygen atoms in total. The second-order valence-corrected chi connectivity index (χ2v) is 4.88. The average Bonchev–Trinajstić information content (AvgIpc) is 2.22. The Morgan fingerprint density at radius 2 is 2.27 bits per heavy atom. The van der Waals surface area contributed by atoms with Crippen LogP contribution in [0.15, 0.2) is 22.7 Å². The number of halogens is 2. The highest BCUT2D eigenvalue weighted by Crippen LogP contribution is 2.36. The third-order valence-electron chi connectivity index (χ3n) is 2.58. The molecule has 1 heterocycles. The lowest BCUT2D eigenvalue weighted by atomic mass is 9.99. The summed E-state index contributed by atoms with van der Waals surface area (Å²) in [5.74, 6) is 0. The van der Waals surface area contributed by atoms with Gasteiger partial charge in [-0.25, -0.2) is 0 Å². The first kappa shape index (κ1) is 11.4. The molecular formula is C11H12BrClO2. The lowest BCUT2D eigenvalue weighted by molar-refractivity contribution is -0.0450. The molecule has 2 unspecified atom stereocenters. The van der Waals surface area contributed by atoms with Gasteiger partial charge in [-0.1, -0.05) is 23.7 Å². The number of hydrogen-bond acceptors (Lipinski definition) is 2. The number of ether oxygens (including phenoxy) is 1. The predicted octanol–water partition coefficient (Wildman–Crippen LogP) is 3.31. The molecule has 82 valence electrons. The molecule has 0 spiro atoms. The topological polar surface area (TPSA) is 29.5 Å². The molecule has 0 aromatic heterocycles. The molecule has 1 aromatic carbocycles. The maximum atomic E-state index is 9.57. The lowest BCUT2D eigenvalue weighted by Crippen LogP contribution is -2.23. The van der Waals surface area contributed by atoms with Gasteiger partial charge in [0.25, 0.3) is 0 Å². The third kappa shape index (κ3) is 2.53. The van der Waals surface area contributed by atoms with E-state index in [-0.39, 0.29) is 12.2 Å². The highest BCUT2D eigenvalue weighted by molar-refractivity contribution is 9.10. The Morgan fingerprint density at radius 1 is 1.47 bits per heavy atom. The van der Waals surface area contributed by atoms with E-state index in [0.717, 1.165) is 10.0 Å². The van der Waals surface area contributed by atoms with E-state index < -0.39 is 0 Å². The molecule has 1 aliphatic heterocycles. The van der Waals surface area contributed by atoms with Crippen molar-refractivity contribution in [3.8, 4) is 0 Å². The van der Waals surface area contributed by atoms with Crippen LogP contribution < -0.4 is 0 Å². The van der Waals surface area contributed by atoms with Crippen LogP contribution >= 0.6 is 27.5 Å². The summed E-state index contributed by atoms with van der Waals surface area (Å²) in [6.45, 7) is 0.602. The quantitative estimate of drug-likeness (QED) is 0.860. The van der Waals surface area contributed by atoms with Crippen LogP contribution in [-0.2, 0) is 4.74 Å². The van der Waals surface area contributed by atoms with E-state index in [1.807, 2.05) is 18.2 Å². The summed E-state index contributed by atoms with van der Waals surface area (Å²) in [5, 5.41) is 10.2. The van der Waals surface area contributed by atoms with Crippen molar-refractivity contribution in [2.45, 2.75) is 25.0 Å². The first-order valence-electron chi connectivity index (χ1n) is 4.92. The van der Waals surface area contributed by atoms with Crippen LogP contribution in [0.5, 0.6) is 0 Å². The molecule has 15 heavy (non-hydrogen) atoms. The van der Waals surface area contributed by atoms with Gasteiger partial charge in [0, 0.05) is 17.5 Å². The SMILES string of the molecule is OC1CCOC(c2cccc(Cl)c2Br)C1. The van der Waals surface area contributed by atoms with E-state index >= 15 is 0 Å². The first-order chi connectivity index (χ1) is 7.18. The van der Waals surface area contributed by atoms with Gasteiger partial charge in [0.05, 0.1) is 17.2 Å². The number of rotatable bonds is 1. The van der Waals surface area contributed by atoms with Crippen molar-refractivity contribution in [2.75, 3.05) is 6.61 Å². The third-order valence-corrected chi connectivity index (χ3v) is 4.01. The normalized spacial score (nSPS) is 26.6. The molecule has 1 aliphatic rings. The van der Waals surface area contributed by atoms with Crippen LogP contribution in [0.1, 0.15) is 24.5 Å². The Labute approximate surface area is 102 Å². The van der Waals surface area contributed by atoms with Crippen molar-refractivity contribution in [1.82, 2.24) is 0 Å². The Bertz CT molecular complexity index is 356. The van der Waals surface area contributed by atoms with E-state index in [1.165, 1.54) is 0 Å². The second kappa shape index (κ2) is 4.83. The number of benzene rings is 1. The van der Waals surface area contributed by atoms with Gasteiger partial charge in [-0.15, -0.1) is 0 Å². The highest BCUT2D eigenvalue weighted by atomic mass is 79.9. The van der Waals surface area contributed by atoms with Gasteiger partial charge in [0.2, 0.25) is 0 Å². The molecule has 0 radical (unpaired) electrons. The van der Waals surface area contributed by atoms with Gasteiger partial charge in [-0.3, -0.25) is 0 Å². The summed E-state index contributed by atoms with van der Waals surface area (Å²) in [6.07, 6.45) is 1.03. The minimum atomic E-state index is -0.269. The van der Waals surface area contributed by atoms with Crippen LogP contribution in [0.4, 0.5) is 0 Å². The Balaban J connectivity index is 2.24. The molecule has 1 N–H and O–H groups in total. The van der Waals surface area contributed by atoms with Gasteiger partial charge in [0.15, 0.2) is 0 Å². The summed E-state index contributed by atoms with van der Waals surface area (Å²) in [7, 11) is 0. The molecule has 1 saturated heterocycles. The largest absolute Gasteiger partial charge is 0.393 e. The molecule has 1 aromatic rings. The summed E-state index contributed by atoms with van der Waals surface area (Å²) < 4.78 is 6.49. The number of aliphatic hydroxyl groups excluding tert-OH is 1. The van der Waals surface area contributed by atoms with Crippen molar-refractivity contribution in [3.63, 3.8) is 0 Å². The summed E-state index contributed by atoms with van der Waals surface area (Å²) in [5.41, 5.74) is 1.02. The molecule has 1 fully saturated rings. The summed E-state index contributed by atoms with van der Waals surface area (Å²) >= 11 is 9.45. The van der Waals surface area contributed by atoms with Crippen LogP contribution in [-0.4, -0.2) is 17.8 Å². The van der Waals surface area contributed by atoms with Gasteiger partial charge in [-0.05, 0) is 34.0 Å². The molecule has 2 rings (SSSR count). The Morgan fingerprint density at radius 3 is 3.00 bits per heavy atom. The lowest BCUT2D eigenvalue weighted by Gasteiger charge is -2.27. The van der Waals surface area contributed by atoms with E-state index in [2.05, 4.69) is 15.9 Å². The highest BCUT2D eigenvalue weighted by Gasteiger charge is 2.24. The Hall–Kier alpha value is -0.0900. The number of aliphatic hydroxyl groups is 1. The van der Waals surface area contributed by atoms with Gasteiger partial charge in [0.1, 0.15) is 0 Å². The minimum absolute atomic E-state index is 0.0539. The maximum Gasteiger partial charge on any atom is 0.0861 e. The van der Waals surface area contributed by atoms with Gasteiger partial charge in [-0.2, -0.15) is 0 Å². The fourth-order valence-electron chi connectivity index (χ4n) is 1.77. The number of hydrogen-bond donors (Lipinski definition) is 1. The van der Waals surface area contributed by atoms with E-state index in [1.54, 1.807) is 0 Å². The molecule has 4 heteroatoms. The standard InChI is InChI=1S/C11H12BrClO2/c12-11-8(2-1-3-9(11)13)10-6-7(14)4-5-15-10/h1-3,7,10,14H,4-6H2. The van der Waals surface area contributed by atoms with Crippen LogP contribution in [0, 0.1) is 0 Å². The smallest absolute Gasteiger partial charge is 0.0861 e. The van der Waals surface area contributed by atoms with E-state index in [9.17, 15) is 5.11 Å².